The van der Waals surface area contributed by atoms with Gasteiger partial charge in [0.15, 0.2) is 6.61 Å². The molecule has 0 aliphatic rings. The van der Waals surface area contributed by atoms with Crippen LogP contribution in [0.3, 0.4) is 0 Å². The largest absolute Gasteiger partial charge is 0.484 e. The minimum absolute atomic E-state index is 0.164. The number of nitrogens with zero attached hydrogens (tertiary/aromatic N) is 2. The number of hydrogen-bond acceptors (Lipinski definition) is 4. The first-order valence-corrected chi connectivity index (χ1v) is 5.88. The molecule has 0 saturated carbocycles. The van der Waals surface area contributed by atoms with Crippen LogP contribution in [0.4, 0.5) is 0 Å². The van der Waals surface area contributed by atoms with E-state index in [0.717, 1.165) is 0 Å². The van der Waals surface area contributed by atoms with Gasteiger partial charge in [0.1, 0.15) is 11.3 Å². The molecule has 0 aromatic heterocycles. The van der Waals surface area contributed by atoms with Crippen LogP contribution in [0, 0.1) is 22.7 Å². The maximum absolute atomic E-state index is 11.6. The number of nitriles is 2. The summed E-state index contributed by atoms with van der Waals surface area (Å²) >= 11 is 0. The summed E-state index contributed by atoms with van der Waals surface area (Å²) < 4.78 is 5.27. The van der Waals surface area contributed by atoms with E-state index >= 15 is 0 Å². The van der Waals surface area contributed by atoms with Crippen LogP contribution in [0.25, 0.3) is 0 Å². The van der Waals surface area contributed by atoms with Gasteiger partial charge >= 0.3 is 0 Å². The van der Waals surface area contributed by atoms with Crippen molar-refractivity contribution in [1.29, 1.82) is 10.5 Å². The van der Waals surface area contributed by atoms with E-state index in [9.17, 15) is 4.79 Å². The van der Waals surface area contributed by atoms with Crippen molar-refractivity contribution < 1.29 is 9.53 Å². The Morgan fingerprint density at radius 2 is 2.00 bits per heavy atom. The van der Waals surface area contributed by atoms with Gasteiger partial charge in [-0.25, -0.2) is 0 Å². The highest BCUT2D eigenvalue weighted by molar-refractivity contribution is 5.78. The highest BCUT2D eigenvalue weighted by Gasteiger charge is 2.23. The first-order valence-electron chi connectivity index (χ1n) is 5.88. The summed E-state index contributed by atoms with van der Waals surface area (Å²) in [6, 6.07) is 10.5. The van der Waals surface area contributed by atoms with E-state index in [4.69, 9.17) is 15.3 Å². The molecule has 0 aliphatic carbocycles. The predicted molar refractivity (Wildman–Crippen MR) is 69.1 cm³/mol. The fourth-order valence-electron chi connectivity index (χ4n) is 1.31. The average Bonchev–Trinajstić information content (AvgIpc) is 2.45. The summed E-state index contributed by atoms with van der Waals surface area (Å²) in [6.07, 6.45) is 0.520. The highest BCUT2D eigenvalue weighted by atomic mass is 16.5. The Morgan fingerprint density at radius 3 is 2.47 bits per heavy atom. The van der Waals surface area contributed by atoms with Crippen molar-refractivity contribution in [3.05, 3.63) is 29.8 Å². The van der Waals surface area contributed by atoms with Crippen molar-refractivity contribution in [3.8, 4) is 17.9 Å². The number of ether oxygens (including phenoxy) is 1. The molecule has 0 heterocycles. The second kappa shape index (κ2) is 6.42. The fraction of sp³-hybridized carbons (Fsp3) is 0.357. The van der Waals surface area contributed by atoms with Crippen LogP contribution < -0.4 is 10.1 Å². The van der Waals surface area contributed by atoms with Crippen LogP contribution in [0.5, 0.6) is 5.75 Å². The molecule has 1 N–H and O–H groups in total. The van der Waals surface area contributed by atoms with Crippen LogP contribution >= 0.6 is 0 Å². The van der Waals surface area contributed by atoms with Gasteiger partial charge in [0.2, 0.25) is 0 Å². The molecule has 5 heteroatoms. The van der Waals surface area contributed by atoms with E-state index in [1.54, 1.807) is 31.2 Å². The molecule has 0 bridgehead atoms. The summed E-state index contributed by atoms with van der Waals surface area (Å²) in [5.41, 5.74) is -0.342. The van der Waals surface area contributed by atoms with Crippen molar-refractivity contribution in [2.75, 3.05) is 6.61 Å². The molecule has 1 amide bonds. The van der Waals surface area contributed by atoms with E-state index in [2.05, 4.69) is 5.32 Å². The van der Waals surface area contributed by atoms with E-state index in [-0.39, 0.29) is 12.5 Å². The van der Waals surface area contributed by atoms with Crippen molar-refractivity contribution in [2.45, 2.75) is 25.8 Å². The molecule has 0 fully saturated rings. The molecule has 1 atom stereocenters. The van der Waals surface area contributed by atoms with Gasteiger partial charge in [0, 0.05) is 0 Å². The Hall–Kier alpha value is -2.53. The molecule has 19 heavy (non-hydrogen) atoms. The molecular weight excluding hydrogens is 242 g/mol. The second-order valence-electron chi connectivity index (χ2n) is 4.27. The molecule has 5 nitrogen and oxygen atoms in total. The van der Waals surface area contributed by atoms with Crippen molar-refractivity contribution in [2.24, 2.45) is 0 Å². The van der Waals surface area contributed by atoms with Gasteiger partial charge < -0.3 is 10.1 Å². The average molecular weight is 257 g/mol. The Balaban J connectivity index is 2.51. The number of carbonyl (C=O) groups excluding carboxylic acids is 1. The molecule has 1 rings (SSSR count). The van der Waals surface area contributed by atoms with Crippen LogP contribution in [0.15, 0.2) is 24.3 Å². The van der Waals surface area contributed by atoms with Crippen LogP contribution in [0.1, 0.15) is 25.8 Å². The standard InChI is InChI=1S/C14H15N3O2/c1-3-14(2,10-16)17-13(18)9-19-12-6-4-11(8-15)5-7-12/h4-7H,3,9H2,1-2H3,(H,17,18). The predicted octanol–water partition coefficient (Wildman–Crippen LogP) is 1.75. The number of nitrogens with one attached hydrogen (secondary N) is 1. The number of benzene rings is 1. The van der Waals surface area contributed by atoms with Crippen molar-refractivity contribution >= 4 is 5.91 Å². The normalized spacial score (nSPS) is 12.6. The summed E-state index contributed by atoms with van der Waals surface area (Å²) in [5.74, 6) is 0.152. The molecule has 1 aromatic rings. The summed E-state index contributed by atoms with van der Waals surface area (Å²) in [7, 11) is 0. The molecule has 98 valence electrons. The summed E-state index contributed by atoms with van der Waals surface area (Å²) in [5, 5.41) is 20.2. The third-order valence-corrected chi connectivity index (χ3v) is 2.72. The lowest BCUT2D eigenvalue weighted by Crippen LogP contribution is -2.46. The van der Waals surface area contributed by atoms with Gasteiger partial charge in [-0.3, -0.25) is 4.79 Å². The Kier molecular flexibility index (Phi) is 4.91. The number of amides is 1. The number of hydrogen-bond donors (Lipinski definition) is 1. The molecule has 0 radical (unpaired) electrons. The van der Waals surface area contributed by atoms with Gasteiger partial charge in [-0.2, -0.15) is 10.5 Å². The minimum atomic E-state index is -0.870. The zero-order valence-electron chi connectivity index (χ0n) is 10.9. The number of rotatable bonds is 5. The second-order valence-corrected chi connectivity index (χ2v) is 4.27. The molecular formula is C14H15N3O2. The SMILES string of the molecule is CCC(C)(C#N)NC(=O)COc1ccc(C#N)cc1. The molecule has 1 aromatic carbocycles. The fourth-order valence-corrected chi connectivity index (χ4v) is 1.31. The van der Waals surface area contributed by atoms with E-state index in [1.807, 2.05) is 19.1 Å². The molecule has 0 aliphatic heterocycles. The Labute approximate surface area is 112 Å². The maximum atomic E-state index is 11.6. The van der Waals surface area contributed by atoms with E-state index in [1.165, 1.54) is 0 Å². The Bertz CT molecular complexity index is 525. The van der Waals surface area contributed by atoms with Gasteiger partial charge in [-0.05, 0) is 37.6 Å². The quantitative estimate of drug-likeness (QED) is 0.870. The number of carbonyl (C=O) groups is 1. The van der Waals surface area contributed by atoms with Crippen LogP contribution in [0.2, 0.25) is 0 Å². The van der Waals surface area contributed by atoms with Gasteiger partial charge in [-0.15, -0.1) is 0 Å². The Morgan fingerprint density at radius 1 is 1.37 bits per heavy atom. The zero-order valence-corrected chi connectivity index (χ0v) is 10.9. The molecule has 1 unspecified atom stereocenters. The van der Waals surface area contributed by atoms with Crippen LogP contribution in [-0.4, -0.2) is 18.1 Å². The monoisotopic (exact) mass is 257 g/mol. The lowest BCUT2D eigenvalue weighted by molar-refractivity contribution is -0.124. The smallest absolute Gasteiger partial charge is 0.259 e. The molecule has 0 spiro atoms. The van der Waals surface area contributed by atoms with Gasteiger partial charge in [0.25, 0.3) is 5.91 Å². The third-order valence-electron chi connectivity index (χ3n) is 2.72. The topological polar surface area (TPSA) is 85.9 Å². The van der Waals surface area contributed by atoms with Gasteiger partial charge in [-0.1, -0.05) is 6.92 Å². The zero-order chi connectivity index (χ0) is 14.3. The van der Waals surface area contributed by atoms with Crippen molar-refractivity contribution in [1.82, 2.24) is 5.32 Å². The van der Waals surface area contributed by atoms with E-state index in [0.29, 0.717) is 17.7 Å². The summed E-state index contributed by atoms with van der Waals surface area (Å²) in [6.45, 7) is 3.32. The summed E-state index contributed by atoms with van der Waals surface area (Å²) in [4.78, 5) is 11.6. The van der Waals surface area contributed by atoms with E-state index < -0.39 is 5.54 Å². The lowest BCUT2D eigenvalue weighted by atomic mass is 10.0. The molecule has 0 saturated heterocycles. The first-order chi connectivity index (χ1) is 9.03. The highest BCUT2D eigenvalue weighted by Crippen LogP contribution is 2.12. The third kappa shape index (κ3) is 4.33. The minimum Gasteiger partial charge on any atom is -0.484 e. The maximum Gasteiger partial charge on any atom is 0.259 e. The van der Waals surface area contributed by atoms with Gasteiger partial charge in [0.05, 0.1) is 17.7 Å². The first kappa shape index (κ1) is 14.5. The van der Waals surface area contributed by atoms with Crippen LogP contribution in [-0.2, 0) is 4.79 Å². The lowest BCUT2D eigenvalue weighted by Gasteiger charge is -2.21. The van der Waals surface area contributed by atoms with Crippen molar-refractivity contribution in [3.63, 3.8) is 0 Å².